The molecule has 360 valence electrons. The molecule has 0 bridgehead atoms. The number of carbonyl (C=O) groups excluding carboxylic acids is 8. The lowest BCUT2D eigenvalue weighted by Crippen LogP contribution is -2.58. The van der Waals surface area contributed by atoms with E-state index in [4.69, 9.17) is 17.2 Å². The molecule has 5 atom stereocenters. The fourth-order valence-electron chi connectivity index (χ4n) is 7.19. The molecule has 0 spiro atoms. The molecule has 8 amide bonds. The van der Waals surface area contributed by atoms with Crippen molar-refractivity contribution < 1.29 is 38.4 Å². The van der Waals surface area contributed by atoms with Crippen LogP contribution in [0.1, 0.15) is 62.8 Å². The first kappa shape index (κ1) is 51.9. The van der Waals surface area contributed by atoms with Gasteiger partial charge < -0.3 is 64.0 Å². The molecule has 0 saturated heterocycles. The van der Waals surface area contributed by atoms with Crippen molar-refractivity contribution in [3.05, 3.63) is 90.1 Å². The molecular formula is C45H62N14O8. The summed E-state index contributed by atoms with van der Waals surface area (Å²) in [5.41, 5.74) is 19.4. The Hall–Kier alpha value is -7.78. The number of likely N-dealkylation sites (N-methyl/N-ethyl adjacent to an activating group) is 1. The largest absolute Gasteiger partial charge is 0.370 e. The summed E-state index contributed by atoms with van der Waals surface area (Å²) in [5, 5.41) is 16.7. The Morgan fingerprint density at radius 1 is 0.716 bits per heavy atom. The van der Waals surface area contributed by atoms with Crippen molar-refractivity contribution in [2.24, 2.45) is 22.2 Å². The van der Waals surface area contributed by atoms with E-state index in [9.17, 15) is 38.4 Å². The van der Waals surface area contributed by atoms with Gasteiger partial charge >= 0.3 is 0 Å². The lowest BCUT2D eigenvalue weighted by Gasteiger charge is -2.28. The van der Waals surface area contributed by atoms with Crippen LogP contribution in [0.4, 0.5) is 0 Å². The molecular weight excluding hydrogens is 865 g/mol. The summed E-state index contributed by atoms with van der Waals surface area (Å²) in [6.45, 7) is 2.29. The number of nitrogens with two attached hydrogens (primary N) is 3. The first-order valence-corrected chi connectivity index (χ1v) is 21.9. The lowest BCUT2D eigenvalue weighted by atomic mass is 10.0. The summed E-state index contributed by atoms with van der Waals surface area (Å²) in [4.78, 5) is 121. The van der Waals surface area contributed by atoms with Gasteiger partial charge in [-0.05, 0) is 36.5 Å². The zero-order valence-electron chi connectivity index (χ0n) is 37.9. The molecule has 4 rings (SSSR count). The fourth-order valence-corrected chi connectivity index (χ4v) is 7.19. The molecule has 67 heavy (non-hydrogen) atoms. The minimum Gasteiger partial charge on any atom is -0.370 e. The van der Waals surface area contributed by atoms with Gasteiger partial charge in [0.2, 0.25) is 47.3 Å². The predicted molar refractivity (Wildman–Crippen MR) is 249 cm³/mol. The van der Waals surface area contributed by atoms with Gasteiger partial charge in [-0.2, -0.15) is 0 Å². The molecule has 0 aliphatic carbocycles. The molecule has 0 aliphatic rings. The maximum absolute atomic E-state index is 14.3. The third-order valence-corrected chi connectivity index (χ3v) is 10.6. The number of hydrogen-bond acceptors (Lipinski definition) is 10. The Morgan fingerprint density at radius 2 is 1.37 bits per heavy atom. The molecule has 2 aromatic carbocycles. The second-order valence-corrected chi connectivity index (χ2v) is 16.1. The minimum absolute atomic E-state index is 0.00918. The van der Waals surface area contributed by atoms with Crippen LogP contribution >= 0.6 is 0 Å². The molecule has 14 N–H and O–H groups in total. The number of para-hydroxylation sites is 1. The summed E-state index contributed by atoms with van der Waals surface area (Å²) >= 11 is 0. The van der Waals surface area contributed by atoms with E-state index in [-0.39, 0.29) is 44.6 Å². The van der Waals surface area contributed by atoms with Crippen LogP contribution in [0.5, 0.6) is 0 Å². The fraction of sp³-hybridized carbons (Fsp3) is 0.422. The standard InChI is InChI=1S/C45H62N14O8/c1-4-5-15-33(54-27(2)60)41(64)52-24-38(61)56-37(21-30-23-49-26-53-30)43(66)58-36(19-28-12-7-6-8-13-28)42(65)57-34(17-11-18-50-45(47)48)44(67)59(3)25-39(62)55-35(40(46)63)20-29-22-51-32-16-10-9-14-31(29)32/h6-10,12-14,16,22-23,26,33-37,51H,4-5,11,15,17-21,24-25H2,1-3H3,(H2,46,63)(H,49,53)(H,52,64)(H,54,60)(H,55,62)(H,56,61)(H,57,65)(H,58,66)(H4,47,48,50)/t33-,34-,35-,36?,37-/m0/s1. The molecule has 4 aromatic rings. The van der Waals surface area contributed by atoms with E-state index >= 15 is 0 Å². The van der Waals surface area contributed by atoms with Gasteiger partial charge in [-0.25, -0.2) is 4.98 Å². The Kier molecular flexibility index (Phi) is 20.3. The second-order valence-electron chi connectivity index (χ2n) is 16.1. The Bertz CT molecular complexity index is 2330. The number of amides is 8. The SMILES string of the molecule is CCCC[C@H](NC(C)=O)C(=O)NCC(=O)N[C@@H](Cc1cnc[nH]1)C(=O)NC(Cc1ccccc1)C(=O)N[C@@H](CCCN=C(N)N)C(=O)N(C)CC(=O)N[C@@H](Cc1c[nH]c2ccccc12)C(N)=O. The topological polar surface area (TPSA) is 347 Å². The third kappa shape index (κ3) is 17.3. The predicted octanol–water partition coefficient (Wildman–Crippen LogP) is -1.33. The van der Waals surface area contributed by atoms with Crippen molar-refractivity contribution in [2.45, 2.75) is 95.4 Å². The van der Waals surface area contributed by atoms with Crippen molar-refractivity contribution in [1.29, 1.82) is 0 Å². The number of aromatic nitrogens is 3. The van der Waals surface area contributed by atoms with Crippen LogP contribution in [0.15, 0.2) is 78.3 Å². The second kappa shape index (κ2) is 26.2. The molecule has 0 aliphatic heterocycles. The average Bonchev–Trinajstić information content (AvgIpc) is 3.97. The van der Waals surface area contributed by atoms with Crippen LogP contribution in [-0.2, 0) is 57.6 Å². The molecule has 22 nitrogen and oxygen atoms in total. The number of aliphatic imine (C=N–C) groups is 1. The summed E-state index contributed by atoms with van der Waals surface area (Å²) in [6.07, 6.45) is 6.55. The van der Waals surface area contributed by atoms with Crippen LogP contribution < -0.4 is 49.1 Å². The number of rotatable bonds is 27. The number of fused-ring (bicyclic) bond motifs is 1. The smallest absolute Gasteiger partial charge is 0.245 e. The van der Waals surface area contributed by atoms with Gasteiger partial charge in [0, 0.05) is 68.8 Å². The number of benzene rings is 2. The number of hydrogen-bond donors (Lipinski definition) is 11. The van der Waals surface area contributed by atoms with Crippen molar-refractivity contribution >= 4 is 64.1 Å². The van der Waals surface area contributed by atoms with Crippen molar-refractivity contribution in [3.8, 4) is 0 Å². The quantitative estimate of drug-likeness (QED) is 0.0189. The summed E-state index contributed by atoms with van der Waals surface area (Å²) in [7, 11) is 1.36. The molecule has 2 heterocycles. The minimum atomic E-state index is -1.31. The van der Waals surface area contributed by atoms with Crippen LogP contribution in [0, 0.1) is 0 Å². The van der Waals surface area contributed by atoms with Gasteiger partial charge in [-0.3, -0.25) is 43.3 Å². The number of primary amides is 1. The van der Waals surface area contributed by atoms with Gasteiger partial charge in [-0.15, -0.1) is 0 Å². The maximum atomic E-state index is 14.3. The average molecular weight is 927 g/mol. The molecule has 0 fully saturated rings. The van der Waals surface area contributed by atoms with Gasteiger partial charge in [-0.1, -0.05) is 68.3 Å². The van der Waals surface area contributed by atoms with E-state index < -0.39 is 90.6 Å². The number of imidazole rings is 1. The normalized spacial score (nSPS) is 13.1. The summed E-state index contributed by atoms with van der Waals surface area (Å²) in [6, 6.07) is 10.4. The monoisotopic (exact) mass is 926 g/mol. The Labute approximate surface area is 387 Å². The first-order chi connectivity index (χ1) is 32.0. The lowest BCUT2D eigenvalue weighted by molar-refractivity contribution is -0.139. The summed E-state index contributed by atoms with van der Waals surface area (Å²) in [5.74, 6) is -5.56. The van der Waals surface area contributed by atoms with Gasteiger partial charge in [0.05, 0.1) is 19.4 Å². The van der Waals surface area contributed by atoms with Gasteiger partial charge in [0.25, 0.3) is 0 Å². The highest BCUT2D eigenvalue weighted by Crippen LogP contribution is 2.19. The number of H-pyrrole nitrogens is 2. The van der Waals surface area contributed by atoms with E-state index in [1.807, 2.05) is 31.2 Å². The Balaban J connectivity index is 1.51. The highest BCUT2D eigenvalue weighted by molar-refractivity contribution is 5.97. The zero-order chi connectivity index (χ0) is 48.9. The van der Waals surface area contributed by atoms with E-state index in [1.54, 1.807) is 36.5 Å². The van der Waals surface area contributed by atoms with Crippen molar-refractivity contribution in [1.82, 2.24) is 51.8 Å². The number of guanidine groups is 1. The number of unbranched alkanes of at least 4 members (excludes halogenated alkanes) is 1. The van der Waals surface area contributed by atoms with E-state index in [2.05, 4.69) is 51.8 Å². The van der Waals surface area contributed by atoms with E-state index in [0.29, 0.717) is 24.1 Å². The number of aromatic amines is 2. The molecule has 1 unspecified atom stereocenters. The van der Waals surface area contributed by atoms with E-state index in [1.165, 1.54) is 26.5 Å². The van der Waals surface area contributed by atoms with E-state index in [0.717, 1.165) is 27.8 Å². The van der Waals surface area contributed by atoms with Crippen molar-refractivity contribution in [2.75, 3.05) is 26.7 Å². The number of nitrogens with zero attached hydrogens (tertiary/aromatic N) is 3. The molecule has 22 heteroatoms. The van der Waals surface area contributed by atoms with Gasteiger partial charge in [0.1, 0.15) is 30.2 Å². The number of carbonyl (C=O) groups is 8. The van der Waals surface area contributed by atoms with Crippen LogP contribution in [0.25, 0.3) is 10.9 Å². The number of nitrogens with one attached hydrogen (secondary N) is 8. The highest BCUT2D eigenvalue weighted by Gasteiger charge is 2.32. The third-order valence-electron chi connectivity index (χ3n) is 10.6. The van der Waals surface area contributed by atoms with Crippen LogP contribution in [0.3, 0.4) is 0 Å². The van der Waals surface area contributed by atoms with Gasteiger partial charge in [0.15, 0.2) is 5.96 Å². The summed E-state index contributed by atoms with van der Waals surface area (Å²) < 4.78 is 0. The van der Waals surface area contributed by atoms with Crippen LogP contribution in [-0.4, -0.2) is 130 Å². The van der Waals surface area contributed by atoms with Crippen LogP contribution in [0.2, 0.25) is 0 Å². The van der Waals surface area contributed by atoms with Crippen molar-refractivity contribution in [3.63, 3.8) is 0 Å². The molecule has 0 radical (unpaired) electrons. The Morgan fingerprint density at radius 3 is 2.03 bits per heavy atom. The molecule has 2 aromatic heterocycles. The molecule has 0 saturated carbocycles. The maximum Gasteiger partial charge on any atom is 0.245 e. The first-order valence-electron chi connectivity index (χ1n) is 21.9. The zero-order valence-corrected chi connectivity index (χ0v) is 37.9. The highest BCUT2D eigenvalue weighted by atomic mass is 16.2.